The van der Waals surface area contributed by atoms with Gasteiger partial charge in [0.2, 0.25) is 5.78 Å². The molecule has 0 bridgehead atoms. The zero-order chi connectivity index (χ0) is 17.5. The SMILES string of the molecule is COC1CC2(C)c3ccc4c(c3C(=O)c3occ(c32)C1O)CCC4=O. The van der Waals surface area contributed by atoms with Crippen molar-refractivity contribution in [3.63, 3.8) is 0 Å². The minimum atomic E-state index is -0.809. The highest BCUT2D eigenvalue weighted by Gasteiger charge is 2.52. The lowest BCUT2D eigenvalue weighted by Crippen LogP contribution is -2.43. The summed E-state index contributed by atoms with van der Waals surface area (Å²) in [5, 5.41) is 10.6. The molecule has 0 saturated heterocycles. The topological polar surface area (TPSA) is 76.7 Å². The molecule has 5 heteroatoms. The van der Waals surface area contributed by atoms with Crippen molar-refractivity contribution in [2.24, 2.45) is 0 Å². The number of fused-ring (bicyclic) bond motifs is 4. The van der Waals surface area contributed by atoms with Crippen molar-refractivity contribution in [2.75, 3.05) is 7.11 Å². The highest BCUT2D eigenvalue weighted by Crippen LogP contribution is 2.54. The van der Waals surface area contributed by atoms with Gasteiger partial charge in [0.15, 0.2) is 11.5 Å². The third-order valence-electron chi connectivity index (χ3n) is 6.20. The number of furan rings is 1. The minimum absolute atomic E-state index is 0.0931. The first-order chi connectivity index (χ1) is 12.0. The molecule has 0 spiro atoms. The molecule has 0 aliphatic heterocycles. The van der Waals surface area contributed by atoms with Crippen molar-refractivity contribution in [1.29, 1.82) is 0 Å². The molecule has 1 heterocycles. The predicted molar refractivity (Wildman–Crippen MR) is 88.1 cm³/mol. The Morgan fingerprint density at radius 2 is 2.08 bits per heavy atom. The fourth-order valence-electron chi connectivity index (χ4n) is 4.97. The molecule has 2 aromatic rings. The van der Waals surface area contributed by atoms with Crippen LogP contribution in [0.25, 0.3) is 0 Å². The van der Waals surface area contributed by atoms with Gasteiger partial charge < -0.3 is 14.3 Å². The number of aliphatic hydroxyl groups excluding tert-OH is 1. The number of aliphatic hydroxyl groups is 1. The minimum Gasteiger partial charge on any atom is -0.460 e. The van der Waals surface area contributed by atoms with Crippen molar-refractivity contribution in [3.8, 4) is 0 Å². The first-order valence-electron chi connectivity index (χ1n) is 8.54. The number of carbonyl (C=O) groups excluding carboxylic acids is 2. The van der Waals surface area contributed by atoms with E-state index in [0.717, 1.165) is 16.7 Å². The number of rotatable bonds is 1. The summed E-state index contributed by atoms with van der Waals surface area (Å²) in [5.74, 6) is 0.213. The van der Waals surface area contributed by atoms with E-state index < -0.39 is 11.5 Å². The summed E-state index contributed by atoms with van der Waals surface area (Å²) in [6, 6.07) is 3.75. The average molecular weight is 338 g/mol. The molecule has 0 saturated carbocycles. The molecular weight excluding hydrogens is 320 g/mol. The molecule has 5 rings (SSSR count). The van der Waals surface area contributed by atoms with Gasteiger partial charge in [-0.25, -0.2) is 0 Å². The number of ether oxygens (including phenoxy) is 1. The van der Waals surface area contributed by atoms with Crippen LogP contribution in [0.5, 0.6) is 0 Å². The second kappa shape index (κ2) is 4.68. The summed E-state index contributed by atoms with van der Waals surface area (Å²) in [6.07, 6.45) is 1.89. The van der Waals surface area contributed by atoms with Crippen molar-refractivity contribution in [2.45, 2.75) is 43.8 Å². The molecule has 5 nitrogen and oxygen atoms in total. The first kappa shape index (κ1) is 15.0. The van der Waals surface area contributed by atoms with Crippen LogP contribution in [0, 0.1) is 0 Å². The average Bonchev–Trinajstić information content (AvgIpc) is 3.21. The molecule has 25 heavy (non-hydrogen) atoms. The maximum absolute atomic E-state index is 13.2. The zero-order valence-corrected chi connectivity index (χ0v) is 14.1. The molecule has 0 radical (unpaired) electrons. The number of benzene rings is 1. The van der Waals surface area contributed by atoms with Crippen LogP contribution >= 0.6 is 0 Å². The molecule has 3 unspecified atom stereocenters. The number of ketones is 2. The molecule has 0 amide bonds. The smallest absolute Gasteiger partial charge is 0.229 e. The van der Waals surface area contributed by atoms with Crippen LogP contribution in [0.2, 0.25) is 0 Å². The van der Waals surface area contributed by atoms with E-state index in [1.54, 1.807) is 7.11 Å². The van der Waals surface area contributed by atoms with E-state index in [4.69, 9.17) is 9.15 Å². The Morgan fingerprint density at radius 1 is 1.28 bits per heavy atom. The Hall–Kier alpha value is -2.24. The first-order valence-corrected chi connectivity index (χ1v) is 8.54. The Morgan fingerprint density at radius 3 is 2.84 bits per heavy atom. The molecule has 1 aromatic heterocycles. The van der Waals surface area contributed by atoms with Crippen LogP contribution in [-0.4, -0.2) is 29.9 Å². The fourth-order valence-corrected chi connectivity index (χ4v) is 4.97. The van der Waals surface area contributed by atoms with E-state index in [1.807, 2.05) is 12.1 Å². The molecule has 128 valence electrons. The monoisotopic (exact) mass is 338 g/mol. The van der Waals surface area contributed by atoms with Crippen LogP contribution in [0.15, 0.2) is 22.8 Å². The summed E-state index contributed by atoms with van der Waals surface area (Å²) in [6.45, 7) is 2.07. The third-order valence-corrected chi connectivity index (χ3v) is 6.20. The molecule has 0 fully saturated rings. The lowest BCUT2D eigenvalue weighted by molar-refractivity contribution is -0.0353. The second-order valence-electron chi connectivity index (χ2n) is 7.42. The van der Waals surface area contributed by atoms with Crippen LogP contribution in [0.4, 0.5) is 0 Å². The van der Waals surface area contributed by atoms with E-state index in [-0.39, 0.29) is 17.7 Å². The van der Waals surface area contributed by atoms with Crippen molar-refractivity contribution < 1.29 is 23.8 Å². The van der Waals surface area contributed by atoms with Crippen molar-refractivity contribution in [1.82, 2.24) is 0 Å². The van der Waals surface area contributed by atoms with Gasteiger partial charge in [-0.1, -0.05) is 19.1 Å². The quantitative estimate of drug-likeness (QED) is 0.865. The summed E-state index contributed by atoms with van der Waals surface area (Å²) in [4.78, 5) is 25.3. The molecule has 1 aromatic carbocycles. The van der Waals surface area contributed by atoms with Gasteiger partial charge in [0, 0.05) is 41.2 Å². The van der Waals surface area contributed by atoms with Crippen LogP contribution < -0.4 is 0 Å². The number of hydrogen-bond donors (Lipinski definition) is 1. The maximum atomic E-state index is 13.2. The maximum Gasteiger partial charge on any atom is 0.229 e. The van der Waals surface area contributed by atoms with Crippen LogP contribution in [0.1, 0.15) is 74.6 Å². The van der Waals surface area contributed by atoms with Gasteiger partial charge in [0.1, 0.15) is 6.10 Å². The van der Waals surface area contributed by atoms with Gasteiger partial charge in [-0.15, -0.1) is 0 Å². The van der Waals surface area contributed by atoms with E-state index >= 15 is 0 Å². The van der Waals surface area contributed by atoms with Crippen LogP contribution in [0.3, 0.4) is 0 Å². The largest absolute Gasteiger partial charge is 0.460 e. The predicted octanol–water partition coefficient (Wildman–Crippen LogP) is 2.71. The van der Waals surface area contributed by atoms with Crippen molar-refractivity contribution >= 4 is 11.6 Å². The molecule has 3 aliphatic carbocycles. The third kappa shape index (κ3) is 1.65. The molecule has 3 aliphatic rings. The summed E-state index contributed by atoms with van der Waals surface area (Å²) in [7, 11) is 1.58. The Bertz CT molecular complexity index is 953. The number of hydrogen-bond acceptors (Lipinski definition) is 5. The van der Waals surface area contributed by atoms with Gasteiger partial charge in [-0.2, -0.15) is 0 Å². The summed E-state index contributed by atoms with van der Waals surface area (Å²) in [5.41, 5.74) is 3.95. The van der Waals surface area contributed by atoms with E-state index in [2.05, 4.69) is 6.92 Å². The van der Waals surface area contributed by atoms with Gasteiger partial charge in [-0.3, -0.25) is 9.59 Å². The van der Waals surface area contributed by atoms with E-state index in [9.17, 15) is 14.7 Å². The van der Waals surface area contributed by atoms with Gasteiger partial charge in [0.05, 0.1) is 12.4 Å². The Balaban J connectivity index is 1.84. The highest BCUT2D eigenvalue weighted by molar-refractivity contribution is 6.15. The molecular formula is C20H18O5. The highest BCUT2D eigenvalue weighted by atomic mass is 16.5. The van der Waals surface area contributed by atoms with Crippen LogP contribution in [-0.2, 0) is 16.6 Å². The standard InChI is InChI=1S/C20H18O5/c1-20-7-14(24-2)17(22)11-8-25-19(16(11)20)18(23)15-10-4-6-13(21)9(10)3-5-12(15)20/h3,5,8,14,17,22H,4,6-7H2,1-2H3. The second-order valence-corrected chi connectivity index (χ2v) is 7.42. The Labute approximate surface area is 144 Å². The normalized spacial score (nSPS) is 29.4. The van der Waals surface area contributed by atoms with Gasteiger partial charge in [-0.05, 0) is 24.0 Å². The van der Waals surface area contributed by atoms with E-state index in [0.29, 0.717) is 41.7 Å². The van der Waals surface area contributed by atoms with Gasteiger partial charge >= 0.3 is 0 Å². The summed E-state index contributed by atoms with van der Waals surface area (Å²) < 4.78 is 11.1. The zero-order valence-electron chi connectivity index (χ0n) is 14.1. The number of carbonyl (C=O) groups is 2. The molecule has 1 N–H and O–H groups in total. The van der Waals surface area contributed by atoms with E-state index in [1.165, 1.54) is 6.26 Å². The van der Waals surface area contributed by atoms with Crippen molar-refractivity contribution in [3.05, 3.63) is 57.5 Å². The number of methoxy groups -OCH3 is 1. The molecule has 3 atom stereocenters. The van der Waals surface area contributed by atoms with Gasteiger partial charge in [0.25, 0.3) is 0 Å². The lowest BCUT2D eigenvalue weighted by atomic mass is 9.61. The summed E-state index contributed by atoms with van der Waals surface area (Å²) >= 11 is 0. The lowest BCUT2D eigenvalue weighted by Gasteiger charge is -2.43. The Kier molecular flexibility index (Phi) is 2.82. The fraction of sp³-hybridized carbons (Fsp3) is 0.400. The number of Topliss-reactive ketones (excluding diaryl/α,β-unsaturated/α-hetero) is 1.